The van der Waals surface area contributed by atoms with E-state index in [1.54, 1.807) is 17.7 Å². The van der Waals surface area contributed by atoms with Crippen molar-refractivity contribution in [3.63, 3.8) is 0 Å². The first-order valence-corrected chi connectivity index (χ1v) is 12.2. The van der Waals surface area contributed by atoms with Crippen molar-refractivity contribution >= 4 is 10.9 Å². The number of methoxy groups -OCH3 is 1. The third-order valence-corrected chi connectivity index (χ3v) is 6.81. The van der Waals surface area contributed by atoms with Crippen molar-refractivity contribution < 1.29 is 9.13 Å². The maximum Gasteiger partial charge on any atom is 0.255 e. The molecule has 2 aromatic heterocycles. The second-order valence-corrected chi connectivity index (χ2v) is 9.28. The number of hydrogen-bond donors (Lipinski definition) is 1. The molecule has 0 saturated heterocycles. The Kier molecular flexibility index (Phi) is 6.88. The minimum atomic E-state index is -0.377. The number of benzene rings is 3. The Morgan fingerprint density at radius 1 is 1.03 bits per heavy atom. The van der Waals surface area contributed by atoms with Crippen LogP contribution in [0.2, 0.25) is 0 Å². The van der Waals surface area contributed by atoms with Crippen LogP contribution in [0.4, 0.5) is 4.39 Å². The molecule has 0 spiro atoms. The van der Waals surface area contributed by atoms with Gasteiger partial charge in [0.1, 0.15) is 11.6 Å². The molecule has 0 fully saturated rings. The van der Waals surface area contributed by atoms with Gasteiger partial charge in [0.25, 0.3) is 5.56 Å². The predicted molar refractivity (Wildman–Crippen MR) is 144 cm³/mol. The summed E-state index contributed by atoms with van der Waals surface area (Å²) in [4.78, 5) is 15.8. The van der Waals surface area contributed by atoms with Crippen molar-refractivity contribution in [3.8, 4) is 17.0 Å². The quantitative estimate of drug-likeness (QED) is 0.296. The fourth-order valence-corrected chi connectivity index (χ4v) is 4.58. The van der Waals surface area contributed by atoms with Crippen molar-refractivity contribution in [2.24, 2.45) is 0 Å². The molecule has 0 unspecified atom stereocenters. The van der Waals surface area contributed by atoms with E-state index in [0.717, 1.165) is 27.9 Å². The molecule has 0 aliphatic carbocycles. The first-order chi connectivity index (χ1) is 17.9. The number of H-pyrrole nitrogens is 1. The number of aromatic amines is 1. The molecule has 1 atom stereocenters. The highest BCUT2D eigenvalue weighted by Gasteiger charge is 2.18. The molecule has 5 aromatic rings. The minimum Gasteiger partial charge on any atom is -0.497 e. The molecule has 0 amide bonds. The SMILES string of the molecule is COc1cccc(Cn2c(=O)c(CN(C)[C@@H](C)c3cc(-c4ccccc4)n[nH]3)cc3ccc(F)cc32)c1. The van der Waals surface area contributed by atoms with E-state index in [2.05, 4.69) is 22.0 Å². The van der Waals surface area contributed by atoms with Crippen LogP contribution in [0.25, 0.3) is 22.2 Å². The summed E-state index contributed by atoms with van der Waals surface area (Å²) in [6.45, 7) is 2.81. The molecule has 7 heteroatoms. The van der Waals surface area contributed by atoms with Crippen LogP contribution in [0.15, 0.2) is 89.7 Å². The van der Waals surface area contributed by atoms with Gasteiger partial charge in [0.2, 0.25) is 0 Å². The van der Waals surface area contributed by atoms with Crippen LogP contribution in [0.1, 0.15) is 29.8 Å². The highest BCUT2D eigenvalue weighted by atomic mass is 19.1. The van der Waals surface area contributed by atoms with Gasteiger partial charge in [-0.25, -0.2) is 4.39 Å². The van der Waals surface area contributed by atoms with E-state index in [1.165, 1.54) is 12.1 Å². The molecule has 5 rings (SSSR count). The largest absolute Gasteiger partial charge is 0.497 e. The van der Waals surface area contributed by atoms with Crippen molar-refractivity contribution in [2.45, 2.75) is 26.1 Å². The number of fused-ring (bicyclic) bond motifs is 1. The van der Waals surface area contributed by atoms with Gasteiger partial charge in [-0.15, -0.1) is 0 Å². The van der Waals surface area contributed by atoms with Crippen molar-refractivity contribution in [1.29, 1.82) is 0 Å². The topological polar surface area (TPSA) is 63.1 Å². The molecule has 0 aliphatic rings. The molecule has 0 radical (unpaired) electrons. The summed E-state index contributed by atoms with van der Waals surface area (Å²) in [5, 5.41) is 8.44. The van der Waals surface area contributed by atoms with E-state index < -0.39 is 0 Å². The number of nitrogens with zero attached hydrogens (tertiary/aromatic N) is 3. The molecule has 0 bridgehead atoms. The lowest BCUT2D eigenvalue weighted by atomic mass is 10.1. The zero-order valence-corrected chi connectivity index (χ0v) is 21.1. The summed E-state index contributed by atoms with van der Waals surface area (Å²) in [5.74, 6) is 0.332. The Hall–Kier alpha value is -4.23. The van der Waals surface area contributed by atoms with Gasteiger partial charge in [0, 0.05) is 23.7 Å². The van der Waals surface area contributed by atoms with Gasteiger partial charge >= 0.3 is 0 Å². The molecule has 1 N–H and O–H groups in total. The smallest absolute Gasteiger partial charge is 0.255 e. The third kappa shape index (κ3) is 5.17. The van der Waals surface area contributed by atoms with Gasteiger partial charge in [-0.2, -0.15) is 5.10 Å². The zero-order valence-electron chi connectivity index (χ0n) is 21.1. The number of rotatable bonds is 8. The maximum absolute atomic E-state index is 14.2. The van der Waals surface area contributed by atoms with Gasteiger partial charge in [0.05, 0.1) is 30.6 Å². The molecule has 0 saturated carbocycles. The van der Waals surface area contributed by atoms with Crippen LogP contribution in [-0.2, 0) is 13.1 Å². The number of aromatic nitrogens is 3. The summed E-state index contributed by atoms with van der Waals surface area (Å²) in [6.07, 6.45) is 0. The van der Waals surface area contributed by atoms with Crippen LogP contribution < -0.4 is 10.3 Å². The van der Waals surface area contributed by atoms with Gasteiger partial charge in [0.15, 0.2) is 0 Å². The first kappa shape index (κ1) is 24.5. The third-order valence-electron chi connectivity index (χ3n) is 6.81. The van der Waals surface area contributed by atoms with Crippen molar-refractivity contribution in [3.05, 3.63) is 118 Å². The Bertz CT molecular complexity index is 1590. The van der Waals surface area contributed by atoms with Gasteiger partial charge in [-0.3, -0.25) is 14.8 Å². The summed E-state index contributed by atoms with van der Waals surface area (Å²) < 4.78 is 21.2. The molecule has 37 heavy (non-hydrogen) atoms. The molecule has 2 heterocycles. The fraction of sp³-hybridized carbons (Fsp3) is 0.200. The Balaban J connectivity index is 1.46. The molecule has 0 aliphatic heterocycles. The fourth-order valence-electron chi connectivity index (χ4n) is 4.58. The van der Waals surface area contributed by atoms with E-state index in [-0.39, 0.29) is 17.4 Å². The zero-order chi connectivity index (χ0) is 25.9. The highest BCUT2D eigenvalue weighted by molar-refractivity contribution is 5.80. The average molecular weight is 497 g/mol. The van der Waals surface area contributed by atoms with Crippen molar-refractivity contribution in [2.75, 3.05) is 14.2 Å². The van der Waals surface area contributed by atoms with Gasteiger partial charge < -0.3 is 9.30 Å². The number of pyridine rings is 1. The summed E-state index contributed by atoms with van der Waals surface area (Å²) in [7, 11) is 3.59. The molecule has 188 valence electrons. The number of hydrogen-bond acceptors (Lipinski definition) is 4. The Labute approximate surface area is 215 Å². The lowest BCUT2D eigenvalue weighted by Crippen LogP contribution is -2.30. The number of nitrogens with one attached hydrogen (secondary N) is 1. The first-order valence-electron chi connectivity index (χ1n) is 12.2. The molecular formula is C30H29FN4O2. The van der Waals surface area contributed by atoms with E-state index in [9.17, 15) is 9.18 Å². The summed E-state index contributed by atoms with van der Waals surface area (Å²) in [6, 6.07) is 26.0. The van der Waals surface area contributed by atoms with E-state index in [0.29, 0.717) is 29.9 Å². The van der Waals surface area contributed by atoms with Crippen LogP contribution in [0, 0.1) is 5.82 Å². The van der Waals surface area contributed by atoms with Crippen LogP contribution in [0.5, 0.6) is 5.75 Å². The van der Waals surface area contributed by atoms with Crippen molar-refractivity contribution in [1.82, 2.24) is 19.7 Å². The van der Waals surface area contributed by atoms with E-state index in [4.69, 9.17) is 4.74 Å². The Morgan fingerprint density at radius 3 is 2.62 bits per heavy atom. The second kappa shape index (κ2) is 10.4. The summed E-state index contributed by atoms with van der Waals surface area (Å²) >= 11 is 0. The monoisotopic (exact) mass is 496 g/mol. The van der Waals surface area contributed by atoms with E-state index >= 15 is 0 Å². The van der Waals surface area contributed by atoms with E-state index in [1.807, 2.05) is 73.8 Å². The number of halogens is 1. The second-order valence-electron chi connectivity index (χ2n) is 9.28. The van der Waals surface area contributed by atoms with Crippen LogP contribution in [-0.4, -0.2) is 33.8 Å². The van der Waals surface area contributed by atoms with Crippen LogP contribution >= 0.6 is 0 Å². The number of ether oxygens (including phenoxy) is 1. The highest BCUT2D eigenvalue weighted by Crippen LogP contribution is 2.25. The summed E-state index contributed by atoms with van der Waals surface area (Å²) in [5.41, 5.74) is 4.84. The maximum atomic E-state index is 14.2. The molecular weight excluding hydrogens is 467 g/mol. The predicted octanol–water partition coefficient (Wildman–Crippen LogP) is 5.78. The lowest BCUT2D eigenvalue weighted by Gasteiger charge is -2.24. The Morgan fingerprint density at radius 2 is 1.84 bits per heavy atom. The lowest BCUT2D eigenvalue weighted by molar-refractivity contribution is 0.247. The molecule has 6 nitrogen and oxygen atoms in total. The van der Waals surface area contributed by atoms with Crippen LogP contribution in [0.3, 0.4) is 0 Å². The van der Waals surface area contributed by atoms with Gasteiger partial charge in [-0.05, 0) is 67.4 Å². The normalized spacial score (nSPS) is 12.2. The minimum absolute atomic E-state index is 0.0138. The molecule has 3 aromatic carbocycles. The standard InChI is InChI=1S/C30H29FN4O2/c1-20(27-17-28(33-32-27)22-9-5-4-6-10-22)34(2)19-24-15-23-12-13-25(31)16-29(23)35(30(24)36)18-21-8-7-11-26(14-21)37-3/h4-17,20H,18-19H2,1-3H3,(H,32,33)/t20-/m0/s1. The average Bonchev–Trinajstić information content (AvgIpc) is 3.42. The van der Waals surface area contributed by atoms with Gasteiger partial charge in [-0.1, -0.05) is 42.5 Å².